The second-order valence-corrected chi connectivity index (χ2v) is 7.40. The maximum absolute atomic E-state index is 5.66. The highest BCUT2D eigenvalue weighted by atomic mass is 32.1. The minimum atomic E-state index is 0.211. The number of rotatable bonds is 7. The first-order valence-electron chi connectivity index (χ1n) is 9.37. The number of imidazole rings is 1. The van der Waals surface area contributed by atoms with Crippen LogP contribution in [0.15, 0.2) is 35.8 Å². The van der Waals surface area contributed by atoms with E-state index in [4.69, 9.17) is 27.7 Å². The van der Waals surface area contributed by atoms with Crippen molar-refractivity contribution in [1.82, 2.24) is 19.5 Å². The van der Waals surface area contributed by atoms with E-state index in [9.17, 15) is 0 Å². The third kappa shape index (κ3) is 4.78. The lowest BCUT2D eigenvalue weighted by Gasteiger charge is -2.13. The SMILES string of the molecule is COCCCc1cc2c(/C=N/N(C)C(N)=S)cc(-c3cncn3C)nc2cc1C. The Labute approximate surface area is 176 Å². The average Bonchev–Trinajstić information content (AvgIpc) is 3.12. The molecule has 3 rings (SSSR count). The maximum atomic E-state index is 5.66. The quantitative estimate of drug-likeness (QED) is 0.279. The van der Waals surface area contributed by atoms with Crippen LogP contribution < -0.4 is 5.73 Å². The Hall–Kier alpha value is -2.84. The van der Waals surface area contributed by atoms with Gasteiger partial charge in [-0.3, -0.25) is 0 Å². The van der Waals surface area contributed by atoms with E-state index in [2.05, 4.69) is 29.1 Å². The number of hydrogen-bond donors (Lipinski definition) is 1. The summed E-state index contributed by atoms with van der Waals surface area (Å²) < 4.78 is 7.15. The topological polar surface area (TPSA) is 81.6 Å². The average molecular weight is 411 g/mol. The summed E-state index contributed by atoms with van der Waals surface area (Å²) in [5.74, 6) is 0. The standard InChI is InChI=1S/C21H26N6OS/c1-14-8-18-17(9-15(14)6-5-7-28-4)16(11-24-27(3)21(22)29)10-19(25-18)20-12-23-13-26(20)2/h8-13H,5-7H2,1-4H3,(H2,22,29)/b24-11+. The molecule has 0 atom stereocenters. The van der Waals surface area contributed by atoms with Gasteiger partial charge in [0.25, 0.3) is 0 Å². The Kier molecular flexibility index (Phi) is 6.56. The molecule has 8 heteroatoms. The Balaban J connectivity index is 2.14. The fourth-order valence-corrected chi connectivity index (χ4v) is 3.22. The van der Waals surface area contributed by atoms with E-state index in [1.807, 2.05) is 23.9 Å². The van der Waals surface area contributed by atoms with Gasteiger partial charge in [0, 0.05) is 38.8 Å². The third-order valence-corrected chi connectivity index (χ3v) is 5.13. The highest BCUT2D eigenvalue weighted by Gasteiger charge is 2.12. The van der Waals surface area contributed by atoms with Gasteiger partial charge in [-0.2, -0.15) is 5.10 Å². The van der Waals surface area contributed by atoms with Crippen molar-refractivity contribution >= 4 is 34.4 Å². The molecule has 2 heterocycles. The molecule has 0 aliphatic heterocycles. The summed E-state index contributed by atoms with van der Waals surface area (Å²) in [4.78, 5) is 9.10. The number of fused-ring (bicyclic) bond motifs is 1. The van der Waals surface area contributed by atoms with Crippen LogP contribution in [0, 0.1) is 6.92 Å². The number of thiocarbonyl (C=S) groups is 1. The van der Waals surface area contributed by atoms with Crippen LogP contribution in [0.4, 0.5) is 0 Å². The van der Waals surface area contributed by atoms with E-state index in [1.165, 1.54) is 16.1 Å². The van der Waals surface area contributed by atoms with Crippen molar-refractivity contribution in [3.05, 3.63) is 47.4 Å². The number of nitrogens with zero attached hydrogens (tertiary/aromatic N) is 5. The molecule has 0 saturated carbocycles. The largest absolute Gasteiger partial charge is 0.385 e. The molecule has 0 amide bonds. The van der Waals surface area contributed by atoms with Gasteiger partial charge in [0.15, 0.2) is 5.11 Å². The van der Waals surface area contributed by atoms with Gasteiger partial charge in [0.2, 0.25) is 0 Å². The zero-order chi connectivity index (χ0) is 21.0. The highest BCUT2D eigenvalue weighted by Crippen LogP contribution is 2.27. The van der Waals surface area contributed by atoms with Gasteiger partial charge in [-0.1, -0.05) is 0 Å². The number of hydrazone groups is 1. The van der Waals surface area contributed by atoms with Crippen molar-refractivity contribution in [1.29, 1.82) is 0 Å². The molecular weight excluding hydrogens is 384 g/mol. The first kappa shape index (κ1) is 20.9. The van der Waals surface area contributed by atoms with Crippen LogP contribution in [-0.4, -0.2) is 51.6 Å². The van der Waals surface area contributed by atoms with Crippen LogP contribution in [0.2, 0.25) is 0 Å². The van der Waals surface area contributed by atoms with Crippen molar-refractivity contribution in [3.8, 4) is 11.4 Å². The minimum absolute atomic E-state index is 0.211. The van der Waals surface area contributed by atoms with Gasteiger partial charge >= 0.3 is 0 Å². The van der Waals surface area contributed by atoms with Crippen LogP contribution in [0.5, 0.6) is 0 Å². The molecule has 2 aromatic heterocycles. The summed E-state index contributed by atoms with van der Waals surface area (Å²) in [6, 6.07) is 6.35. The molecule has 0 saturated heterocycles. The minimum Gasteiger partial charge on any atom is -0.385 e. The van der Waals surface area contributed by atoms with Crippen molar-refractivity contribution in [2.45, 2.75) is 19.8 Å². The van der Waals surface area contributed by atoms with Crippen molar-refractivity contribution in [2.24, 2.45) is 17.9 Å². The van der Waals surface area contributed by atoms with E-state index >= 15 is 0 Å². The van der Waals surface area contributed by atoms with Crippen molar-refractivity contribution < 1.29 is 4.74 Å². The zero-order valence-corrected chi connectivity index (χ0v) is 18.0. The number of aryl methyl sites for hydroxylation is 3. The van der Waals surface area contributed by atoms with Crippen LogP contribution in [0.1, 0.15) is 23.1 Å². The Bertz CT molecular complexity index is 1060. The molecule has 29 heavy (non-hydrogen) atoms. The van der Waals surface area contributed by atoms with E-state index in [-0.39, 0.29) is 5.11 Å². The zero-order valence-electron chi connectivity index (χ0n) is 17.2. The molecule has 2 N–H and O–H groups in total. The van der Waals surface area contributed by atoms with Gasteiger partial charge in [-0.05, 0) is 61.3 Å². The number of aromatic nitrogens is 3. The van der Waals surface area contributed by atoms with Crippen LogP contribution >= 0.6 is 12.2 Å². The number of ether oxygens (including phenoxy) is 1. The maximum Gasteiger partial charge on any atom is 0.186 e. The fourth-order valence-electron chi connectivity index (χ4n) is 3.17. The Morgan fingerprint density at radius 2 is 2.17 bits per heavy atom. The lowest BCUT2D eigenvalue weighted by Crippen LogP contribution is -2.27. The predicted molar refractivity (Wildman–Crippen MR) is 121 cm³/mol. The van der Waals surface area contributed by atoms with Crippen molar-refractivity contribution in [3.63, 3.8) is 0 Å². The second-order valence-electron chi connectivity index (χ2n) is 6.99. The molecule has 0 bridgehead atoms. The summed E-state index contributed by atoms with van der Waals surface area (Å²) >= 11 is 4.99. The normalized spacial score (nSPS) is 11.4. The molecule has 0 spiro atoms. The number of hydrogen-bond acceptors (Lipinski definition) is 5. The molecule has 3 aromatic rings. The smallest absolute Gasteiger partial charge is 0.186 e. The number of pyridine rings is 1. The van der Waals surface area contributed by atoms with Gasteiger partial charge in [-0.15, -0.1) is 0 Å². The lowest BCUT2D eigenvalue weighted by atomic mass is 9.98. The van der Waals surface area contributed by atoms with E-state index in [1.54, 1.807) is 26.7 Å². The van der Waals surface area contributed by atoms with Gasteiger partial charge in [0.1, 0.15) is 0 Å². The summed E-state index contributed by atoms with van der Waals surface area (Å²) in [7, 11) is 5.40. The van der Waals surface area contributed by atoms with E-state index < -0.39 is 0 Å². The predicted octanol–water partition coefficient (Wildman–Crippen LogP) is 3.03. The molecule has 0 fully saturated rings. The number of benzene rings is 1. The molecule has 0 radical (unpaired) electrons. The van der Waals surface area contributed by atoms with Crippen LogP contribution in [-0.2, 0) is 18.2 Å². The number of nitrogens with two attached hydrogens (primary N) is 1. The first-order valence-corrected chi connectivity index (χ1v) is 9.78. The summed E-state index contributed by atoms with van der Waals surface area (Å²) in [6.45, 7) is 2.86. The fraction of sp³-hybridized carbons (Fsp3) is 0.333. The second kappa shape index (κ2) is 9.11. The molecule has 0 aliphatic carbocycles. The molecule has 0 aliphatic rings. The Morgan fingerprint density at radius 1 is 1.38 bits per heavy atom. The molecule has 152 valence electrons. The van der Waals surface area contributed by atoms with Gasteiger partial charge in [-0.25, -0.2) is 15.0 Å². The molecule has 0 unspecified atom stereocenters. The first-order chi connectivity index (χ1) is 13.9. The van der Waals surface area contributed by atoms with Gasteiger partial charge < -0.3 is 15.0 Å². The molecule has 1 aromatic carbocycles. The van der Waals surface area contributed by atoms with E-state index in [0.29, 0.717) is 0 Å². The monoisotopic (exact) mass is 410 g/mol. The van der Waals surface area contributed by atoms with Crippen LogP contribution in [0.25, 0.3) is 22.3 Å². The Morgan fingerprint density at radius 3 is 2.83 bits per heavy atom. The third-order valence-electron chi connectivity index (χ3n) is 4.86. The van der Waals surface area contributed by atoms with Crippen molar-refractivity contribution in [2.75, 3.05) is 20.8 Å². The van der Waals surface area contributed by atoms with E-state index in [0.717, 1.165) is 47.3 Å². The van der Waals surface area contributed by atoms with Crippen LogP contribution in [0.3, 0.4) is 0 Å². The lowest BCUT2D eigenvalue weighted by molar-refractivity contribution is 0.195. The summed E-state index contributed by atoms with van der Waals surface area (Å²) in [5, 5.41) is 7.11. The summed E-state index contributed by atoms with van der Waals surface area (Å²) in [5.41, 5.74) is 11.8. The summed E-state index contributed by atoms with van der Waals surface area (Å²) in [6.07, 6.45) is 7.26. The number of methoxy groups -OCH3 is 1. The highest BCUT2D eigenvalue weighted by molar-refractivity contribution is 7.80. The van der Waals surface area contributed by atoms with Gasteiger partial charge in [0.05, 0.1) is 35.6 Å². The molecular formula is C21H26N6OS. The molecule has 7 nitrogen and oxygen atoms in total.